The van der Waals surface area contributed by atoms with Gasteiger partial charge in [-0.25, -0.2) is 0 Å². The Labute approximate surface area is 228 Å². The Kier molecular flexibility index (Phi) is 7.19. The third-order valence-corrected chi connectivity index (χ3v) is 6.76. The lowest BCUT2D eigenvalue weighted by Gasteiger charge is -2.27. The second-order valence-corrected chi connectivity index (χ2v) is 9.30. The molecule has 6 heteroatoms. The first-order valence-corrected chi connectivity index (χ1v) is 12.7. The largest absolute Gasteiger partial charge is 0.497 e. The number of methoxy groups -OCH3 is 3. The average Bonchev–Trinajstić information content (AvgIpc) is 2.98. The van der Waals surface area contributed by atoms with Crippen LogP contribution in [0.15, 0.2) is 102 Å². The van der Waals surface area contributed by atoms with Gasteiger partial charge in [0, 0.05) is 35.6 Å². The van der Waals surface area contributed by atoms with Gasteiger partial charge < -0.3 is 19.1 Å². The van der Waals surface area contributed by atoms with Crippen molar-refractivity contribution in [1.29, 1.82) is 0 Å². The van der Waals surface area contributed by atoms with E-state index in [4.69, 9.17) is 14.2 Å². The third kappa shape index (κ3) is 4.89. The number of rotatable bonds is 8. The van der Waals surface area contributed by atoms with Crippen molar-refractivity contribution in [3.05, 3.63) is 124 Å². The molecule has 0 fully saturated rings. The minimum Gasteiger partial charge on any atom is -0.497 e. The maximum absolute atomic E-state index is 14.2. The summed E-state index contributed by atoms with van der Waals surface area (Å²) >= 11 is 0. The summed E-state index contributed by atoms with van der Waals surface area (Å²) in [5.41, 5.74) is 5.96. The molecule has 6 nitrogen and oxygen atoms in total. The summed E-state index contributed by atoms with van der Waals surface area (Å²) < 4.78 is 18.6. The zero-order chi connectivity index (χ0) is 27.5. The number of nitrogens with zero attached hydrogens (tertiary/aromatic N) is 2. The van der Waals surface area contributed by atoms with Gasteiger partial charge in [-0.15, -0.1) is 4.58 Å². The molecule has 0 aliphatic carbocycles. The molecule has 0 unspecified atom stereocenters. The Morgan fingerprint density at radius 1 is 0.564 bits per heavy atom. The molecule has 39 heavy (non-hydrogen) atoms. The quantitative estimate of drug-likeness (QED) is 0.220. The van der Waals surface area contributed by atoms with Crippen molar-refractivity contribution in [3.63, 3.8) is 0 Å². The summed E-state index contributed by atoms with van der Waals surface area (Å²) in [5, 5.41) is 0.465. The number of aryl methyl sites for hydroxylation is 2. The van der Waals surface area contributed by atoms with E-state index in [2.05, 4.69) is 0 Å². The first-order valence-electron chi connectivity index (χ1n) is 12.7. The van der Waals surface area contributed by atoms with Crippen molar-refractivity contribution in [2.45, 2.75) is 13.8 Å². The number of benzene rings is 4. The van der Waals surface area contributed by atoms with Gasteiger partial charge in [0.2, 0.25) is 17.1 Å². The topological polar surface area (TPSA) is 51.0 Å². The summed E-state index contributed by atoms with van der Waals surface area (Å²) in [6.45, 7) is 4.08. The Morgan fingerprint density at radius 3 is 1.44 bits per heavy atom. The lowest BCUT2D eigenvalue weighted by Crippen LogP contribution is -2.45. The summed E-state index contributed by atoms with van der Waals surface area (Å²) in [5.74, 6) is 1.98. The summed E-state index contributed by atoms with van der Waals surface area (Å²) in [7, 11) is 4.87. The molecule has 0 aliphatic rings. The third-order valence-electron chi connectivity index (χ3n) is 6.76. The number of hydrogen-bond acceptors (Lipinski definition) is 5. The van der Waals surface area contributed by atoms with E-state index in [1.54, 1.807) is 21.3 Å². The van der Waals surface area contributed by atoms with Crippen molar-refractivity contribution < 1.29 is 14.2 Å². The fourth-order valence-electron chi connectivity index (χ4n) is 4.63. The van der Waals surface area contributed by atoms with E-state index in [0.29, 0.717) is 16.8 Å². The smallest absolute Gasteiger partial charge is 0.306 e. The second-order valence-electron chi connectivity index (χ2n) is 9.30. The maximum atomic E-state index is 14.2. The molecular weight excluding hydrogens is 488 g/mol. The van der Waals surface area contributed by atoms with Crippen LogP contribution in [0.1, 0.15) is 11.1 Å². The Morgan fingerprint density at radius 2 is 0.974 bits per heavy atom. The van der Waals surface area contributed by atoms with Crippen LogP contribution < -0.4 is 34.5 Å². The van der Waals surface area contributed by atoms with Gasteiger partial charge in [0.15, 0.2) is 5.69 Å². The molecule has 0 saturated heterocycles. The van der Waals surface area contributed by atoms with Gasteiger partial charge in [-0.05, 0) is 62.4 Å². The lowest BCUT2D eigenvalue weighted by atomic mass is 10.1. The fraction of sp³-hybridized carbons (Fsp3) is 0.152. The molecule has 0 bridgehead atoms. The minimum absolute atomic E-state index is 0.125. The number of hydrogen-bond donors (Lipinski definition) is 0. The maximum Gasteiger partial charge on any atom is 0.306 e. The molecule has 0 atom stereocenters. The summed E-state index contributed by atoms with van der Waals surface area (Å²) in [4.78, 5) is 16.1. The van der Waals surface area contributed by atoms with Gasteiger partial charge >= 0.3 is 5.36 Å². The van der Waals surface area contributed by atoms with E-state index in [1.165, 1.54) is 0 Å². The van der Waals surface area contributed by atoms with Gasteiger partial charge in [0.1, 0.15) is 11.5 Å². The molecule has 5 aromatic rings. The van der Waals surface area contributed by atoms with Crippen LogP contribution in [-0.4, -0.2) is 21.3 Å². The Hall–Kier alpha value is -4.84. The van der Waals surface area contributed by atoms with Crippen LogP contribution in [0.3, 0.4) is 0 Å². The van der Waals surface area contributed by atoms with Crippen molar-refractivity contribution in [2.75, 3.05) is 26.2 Å². The van der Waals surface area contributed by atoms with E-state index in [1.807, 2.05) is 120 Å². The predicted octanol–water partition coefficient (Wildman–Crippen LogP) is 6.47. The minimum atomic E-state index is -0.125. The SMILES string of the molecule is COc1ccc(N(c2ccc(C)cc2)c2c(OC)/c(=[N+](\c3ccc(C)cc3)c3ccc(OC)cc3)c2=O)cc1. The zero-order valence-corrected chi connectivity index (χ0v) is 22.8. The molecule has 5 rings (SSSR count). The molecule has 0 saturated carbocycles. The van der Waals surface area contributed by atoms with Crippen LogP contribution >= 0.6 is 0 Å². The van der Waals surface area contributed by atoms with Crippen LogP contribution in [0.5, 0.6) is 17.2 Å². The van der Waals surface area contributed by atoms with Gasteiger partial charge in [-0.3, -0.25) is 4.79 Å². The van der Waals surface area contributed by atoms with Gasteiger partial charge in [-0.1, -0.05) is 35.4 Å². The molecule has 196 valence electrons. The molecule has 0 heterocycles. The second kappa shape index (κ2) is 10.9. The van der Waals surface area contributed by atoms with E-state index < -0.39 is 0 Å². The van der Waals surface area contributed by atoms with Crippen molar-refractivity contribution in [1.82, 2.24) is 4.58 Å². The molecule has 0 aromatic heterocycles. The number of ether oxygens (including phenoxy) is 3. The normalized spacial score (nSPS) is 11.7. The molecule has 0 radical (unpaired) electrons. The highest BCUT2D eigenvalue weighted by atomic mass is 16.5. The summed E-state index contributed by atoms with van der Waals surface area (Å²) in [6, 6.07) is 31.4. The molecule has 0 N–H and O–H groups in total. The molecule has 0 amide bonds. The Balaban J connectivity index is 1.78. The predicted molar refractivity (Wildman–Crippen MR) is 156 cm³/mol. The average molecular weight is 520 g/mol. The highest BCUT2D eigenvalue weighted by molar-refractivity contribution is 5.82. The van der Waals surface area contributed by atoms with Crippen molar-refractivity contribution in [2.24, 2.45) is 0 Å². The Bertz CT molecular complexity index is 1660. The van der Waals surface area contributed by atoms with Crippen molar-refractivity contribution in [3.8, 4) is 17.2 Å². The molecule has 0 aliphatic heterocycles. The molecular formula is C33H31N2O4+. The highest BCUT2D eigenvalue weighted by Gasteiger charge is 2.35. The van der Waals surface area contributed by atoms with E-state index >= 15 is 0 Å². The van der Waals surface area contributed by atoms with E-state index in [-0.39, 0.29) is 5.43 Å². The van der Waals surface area contributed by atoms with Gasteiger partial charge in [0.25, 0.3) is 5.43 Å². The summed E-state index contributed by atoms with van der Waals surface area (Å²) in [6.07, 6.45) is 0. The van der Waals surface area contributed by atoms with E-state index in [0.717, 1.165) is 45.4 Å². The van der Waals surface area contributed by atoms with Gasteiger partial charge in [0.05, 0.1) is 21.3 Å². The zero-order valence-electron chi connectivity index (χ0n) is 22.8. The monoisotopic (exact) mass is 519 g/mol. The standard InChI is InChI=1S/C33H31N2O4/c1-22-6-10-24(11-7-22)34(26-14-18-28(37-3)19-15-26)30-32(36)31(33(30)39-5)35(25-12-8-23(2)9-13-25)27-16-20-29(38-4)21-17-27/h6-21H,1-5H3/q+1. The van der Waals surface area contributed by atoms with Crippen LogP contribution in [0.4, 0.5) is 28.4 Å². The number of anilines is 3. The van der Waals surface area contributed by atoms with Gasteiger partial charge in [-0.2, -0.15) is 0 Å². The van der Waals surface area contributed by atoms with Crippen LogP contribution in [0.2, 0.25) is 0 Å². The fourth-order valence-corrected chi connectivity index (χ4v) is 4.63. The molecule has 5 aromatic carbocycles. The van der Waals surface area contributed by atoms with Crippen LogP contribution in [-0.2, 0) is 0 Å². The first-order chi connectivity index (χ1) is 18.9. The lowest BCUT2D eigenvalue weighted by molar-refractivity contribution is 0.402. The van der Waals surface area contributed by atoms with Crippen LogP contribution in [0, 0.1) is 13.8 Å². The van der Waals surface area contributed by atoms with E-state index in [9.17, 15) is 4.79 Å². The van der Waals surface area contributed by atoms with Crippen LogP contribution in [0.25, 0.3) is 0 Å². The first kappa shape index (κ1) is 25.8. The molecule has 0 spiro atoms. The highest BCUT2D eigenvalue weighted by Crippen LogP contribution is 2.38. The van der Waals surface area contributed by atoms with Crippen molar-refractivity contribution >= 4 is 28.4 Å².